The smallest absolute Gasteiger partial charge is 0.226 e. The van der Waals surface area contributed by atoms with Gasteiger partial charge in [-0.3, -0.25) is 4.79 Å². The Morgan fingerprint density at radius 3 is 2.63 bits per heavy atom. The molecule has 2 heterocycles. The highest BCUT2D eigenvalue weighted by Crippen LogP contribution is 2.41. The molecule has 0 saturated heterocycles. The second-order valence-electron chi connectivity index (χ2n) is 6.85. The Morgan fingerprint density at radius 2 is 1.89 bits per heavy atom. The van der Waals surface area contributed by atoms with Gasteiger partial charge in [-0.1, -0.05) is 18.2 Å². The van der Waals surface area contributed by atoms with Crippen LogP contribution in [-0.4, -0.2) is 21.8 Å². The lowest BCUT2D eigenvalue weighted by Crippen LogP contribution is -2.25. The minimum atomic E-state index is -0.318. The van der Waals surface area contributed by atoms with Crippen molar-refractivity contribution in [1.29, 1.82) is 0 Å². The summed E-state index contributed by atoms with van der Waals surface area (Å²) >= 11 is 0. The van der Waals surface area contributed by atoms with E-state index in [-0.39, 0.29) is 23.7 Å². The van der Waals surface area contributed by atoms with Crippen LogP contribution < -0.4 is 10.1 Å². The summed E-state index contributed by atoms with van der Waals surface area (Å²) in [7, 11) is 0. The molecule has 0 unspecified atom stereocenters. The Hall–Kier alpha value is -3.15. The van der Waals surface area contributed by atoms with Crippen molar-refractivity contribution in [1.82, 2.24) is 9.78 Å². The predicted octanol–water partition coefficient (Wildman–Crippen LogP) is 4.27. The molecule has 6 heteroatoms. The maximum Gasteiger partial charge on any atom is 0.226 e. The van der Waals surface area contributed by atoms with Crippen molar-refractivity contribution in [2.45, 2.75) is 32.3 Å². The van der Waals surface area contributed by atoms with Crippen LogP contribution in [0.15, 0.2) is 54.7 Å². The number of hydrogen-bond acceptors (Lipinski definition) is 3. The third-order valence-corrected chi connectivity index (χ3v) is 4.55. The second-order valence-corrected chi connectivity index (χ2v) is 6.85. The Morgan fingerprint density at radius 1 is 1.15 bits per heavy atom. The molecule has 5 nitrogen and oxygen atoms in total. The molecule has 0 radical (unpaired) electrons. The molecule has 1 atom stereocenters. The minimum Gasteiger partial charge on any atom is -0.491 e. The molecule has 0 spiro atoms. The first kappa shape index (κ1) is 17.3. The number of ether oxygens (including phenoxy) is 1. The first-order valence-corrected chi connectivity index (χ1v) is 8.92. The van der Waals surface area contributed by atoms with Crippen LogP contribution in [0.4, 0.5) is 10.2 Å². The number of amides is 1. The number of fused-ring (bicyclic) bond motifs is 1. The summed E-state index contributed by atoms with van der Waals surface area (Å²) in [6, 6.07) is 13.8. The van der Waals surface area contributed by atoms with Gasteiger partial charge in [-0.25, -0.2) is 9.07 Å². The number of carbonyl (C=O) groups is 1. The van der Waals surface area contributed by atoms with Gasteiger partial charge in [-0.05, 0) is 44.2 Å². The zero-order chi connectivity index (χ0) is 19.0. The van der Waals surface area contributed by atoms with Gasteiger partial charge in [0.15, 0.2) is 0 Å². The lowest BCUT2D eigenvalue weighted by Gasteiger charge is -2.26. The maximum atomic E-state index is 13.2. The highest BCUT2D eigenvalue weighted by Gasteiger charge is 2.32. The Kier molecular flexibility index (Phi) is 4.39. The standard InChI is InChI=1S/C21H20FN3O2/c1-13(2)27-19-6-4-3-5-16(19)17-11-20(26)24-21-18(17)12-23-25(21)15-9-7-14(22)8-10-15/h3-10,12-13,17H,11H2,1-2H3,(H,24,26)/t17-/m0/s1. The lowest BCUT2D eigenvalue weighted by atomic mass is 9.87. The number of carbonyl (C=O) groups excluding carboxylic acids is 1. The van der Waals surface area contributed by atoms with Crippen LogP contribution in [0.2, 0.25) is 0 Å². The molecule has 1 aliphatic heterocycles. The molecule has 0 aliphatic carbocycles. The zero-order valence-corrected chi connectivity index (χ0v) is 15.1. The largest absolute Gasteiger partial charge is 0.491 e. The average Bonchev–Trinajstić information content (AvgIpc) is 3.05. The Bertz CT molecular complexity index is 979. The maximum absolute atomic E-state index is 13.2. The van der Waals surface area contributed by atoms with Crippen LogP contribution in [-0.2, 0) is 4.79 Å². The van der Waals surface area contributed by atoms with Crippen molar-refractivity contribution in [3.63, 3.8) is 0 Å². The van der Waals surface area contributed by atoms with E-state index in [2.05, 4.69) is 10.4 Å². The van der Waals surface area contributed by atoms with Crippen LogP contribution in [0.1, 0.15) is 37.3 Å². The van der Waals surface area contributed by atoms with Crippen LogP contribution >= 0.6 is 0 Å². The number of rotatable bonds is 4. The van der Waals surface area contributed by atoms with Crippen molar-refractivity contribution < 1.29 is 13.9 Å². The van der Waals surface area contributed by atoms with Crippen molar-refractivity contribution in [3.05, 3.63) is 71.7 Å². The van der Waals surface area contributed by atoms with Crippen LogP contribution in [0.3, 0.4) is 0 Å². The topological polar surface area (TPSA) is 56.1 Å². The van der Waals surface area contributed by atoms with E-state index in [0.29, 0.717) is 17.9 Å². The van der Waals surface area contributed by atoms with E-state index >= 15 is 0 Å². The van der Waals surface area contributed by atoms with E-state index in [1.165, 1.54) is 12.1 Å². The number of hydrogen-bond donors (Lipinski definition) is 1. The molecule has 2 aromatic carbocycles. The summed E-state index contributed by atoms with van der Waals surface area (Å²) in [6.07, 6.45) is 2.11. The summed E-state index contributed by atoms with van der Waals surface area (Å²) in [5.74, 6) is 0.824. The van der Waals surface area contributed by atoms with E-state index in [9.17, 15) is 9.18 Å². The third-order valence-electron chi connectivity index (χ3n) is 4.55. The van der Waals surface area contributed by atoms with Gasteiger partial charge in [0.1, 0.15) is 17.4 Å². The molecule has 1 N–H and O–H groups in total. The summed E-state index contributed by atoms with van der Waals surface area (Å²) in [6.45, 7) is 3.95. The number of nitrogens with zero attached hydrogens (tertiary/aromatic N) is 2. The van der Waals surface area contributed by atoms with Gasteiger partial charge < -0.3 is 10.1 Å². The van der Waals surface area contributed by atoms with E-state index in [0.717, 1.165) is 16.9 Å². The summed E-state index contributed by atoms with van der Waals surface area (Å²) in [5, 5.41) is 7.35. The monoisotopic (exact) mass is 365 g/mol. The summed E-state index contributed by atoms with van der Waals surface area (Å²) in [4.78, 5) is 12.4. The zero-order valence-electron chi connectivity index (χ0n) is 15.1. The normalized spacial score (nSPS) is 16.1. The van der Waals surface area contributed by atoms with Gasteiger partial charge in [-0.15, -0.1) is 0 Å². The van der Waals surface area contributed by atoms with Gasteiger partial charge in [0, 0.05) is 23.5 Å². The van der Waals surface area contributed by atoms with Gasteiger partial charge in [-0.2, -0.15) is 5.10 Å². The lowest BCUT2D eigenvalue weighted by molar-refractivity contribution is -0.116. The van der Waals surface area contributed by atoms with E-state index in [4.69, 9.17) is 4.74 Å². The molecule has 138 valence electrons. The molecule has 3 aromatic rings. The highest BCUT2D eigenvalue weighted by molar-refractivity contribution is 5.94. The van der Waals surface area contributed by atoms with Crippen molar-refractivity contribution in [2.75, 3.05) is 5.32 Å². The van der Waals surface area contributed by atoms with Gasteiger partial charge in [0.05, 0.1) is 18.0 Å². The first-order valence-electron chi connectivity index (χ1n) is 8.92. The highest BCUT2D eigenvalue weighted by atomic mass is 19.1. The summed E-state index contributed by atoms with van der Waals surface area (Å²) in [5.41, 5.74) is 2.56. The number of nitrogens with one attached hydrogen (secondary N) is 1. The molecule has 0 saturated carbocycles. The molecule has 0 bridgehead atoms. The molecule has 1 amide bonds. The number of halogens is 1. The fourth-order valence-electron chi connectivity index (χ4n) is 3.40. The Balaban J connectivity index is 1.79. The SMILES string of the molecule is CC(C)Oc1ccccc1[C@@H]1CC(=O)Nc2c1cnn2-c1ccc(F)cc1. The van der Waals surface area contributed by atoms with Gasteiger partial charge in [0.2, 0.25) is 5.91 Å². The quantitative estimate of drug-likeness (QED) is 0.751. The molecular weight excluding hydrogens is 345 g/mol. The number of para-hydroxylation sites is 1. The molecule has 27 heavy (non-hydrogen) atoms. The fourth-order valence-corrected chi connectivity index (χ4v) is 3.40. The molecule has 0 fully saturated rings. The van der Waals surface area contributed by atoms with Crippen molar-refractivity contribution in [3.8, 4) is 11.4 Å². The fraction of sp³-hybridized carbons (Fsp3) is 0.238. The minimum absolute atomic E-state index is 0.0324. The first-order chi connectivity index (χ1) is 13.0. The molecular formula is C21H20FN3O2. The number of aromatic nitrogens is 2. The van der Waals surface area contributed by atoms with Crippen LogP contribution in [0.25, 0.3) is 5.69 Å². The number of anilines is 1. The van der Waals surface area contributed by atoms with Gasteiger partial charge >= 0.3 is 0 Å². The van der Waals surface area contributed by atoms with Gasteiger partial charge in [0.25, 0.3) is 0 Å². The van der Waals surface area contributed by atoms with Crippen LogP contribution in [0, 0.1) is 5.82 Å². The van der Waals surface area contributed by atoms with Crippen molar-refractivity contribution >= 4 is 11.7 Å². The number of benzene rings is 2. The van der Waals surface area contributed by atoms with Crippen LogP contribution in [0.5, 0.6) is 5.75 Å². The van der Waals surface area contributed by atoms with E-state index in [1.54, 1.807) is 23.0 Å². The predicted molar refractivity (Wildman–Crippen MR) is 101 cm³/mol. The third kappa shape index (κ3) is 3.30. The average molecular weight is 365 g/mol. The summed E-state index contributed by atoms with van der Waals surface area (Å²) < 4.78 is 20.8. The molecule has 1 aromatic heterocycles. The molecule has 1 aliphatic rings. The van der Waals surface area contributed by atoms with E-state index < -0.39 is 0 Å². The van der Waals surface area contributed by atoms with Crippen molar-refractivity contribution in [2.24, 2.45) is 0 Å². The Labute approximate surface area is 156 Å². The van der Waals surface area contributed by atoms with E-state index in [1.807, 2.05) is 38.1 Å². The second kappa shape index (κ2) is 6.87. The molecule has 4 rings (SSSR count).